The molecule has 0 bridgehead atoms. The van der Waals surface area contributed by atoms with Crippen LogP contribution in [0.15, 0.2) is 36.4 Å². The Bertz CT molecular complexity index is 803. The minimum atomic E-state index is -0.420. The summed E-state index contributed by atoms with van der Waals surface area (Å²) >= 11 is 0. The van der Waals surface area contributed by atoms with Crippen LogP contribution in [0.1, 0.15) is 77.7 Å². The molecule has 3 rings (SSSR count). The second-order valence-electron chi connectivity index (χ2n) is 8.78. The van der Waals surface area contributed by atoms with Gasteiger partial charge in [-0.25, -0.2) is 4.79 Å². The van der Waals surface area contributed by atoms with E-state index in [2.05, 4.69) is 38.1 Å². The molecule has 1 unspecified atom stereocenters. The van der Waals surface area contributed by atoms with Crippen LogP contribution in [0.5, 0.6) is 5.75 Å². The topological polar surface area (TPSA) is 35.5 Å². The molecule has 0 saturated heterocycles. The second-order valence-corrected chi connectivity index (χ2v) is 8.78. The molecule has 152 valence electrons. The third-order valence-electron chi connectivity index (χ3n) is 6.34. The van der Waals surface area contributed by atoms with Crippen LogP contribution in [-0.4, -0.2) is 18.2 Å². The molecule has 1 saturated carbocycles. The Morgan fingerprint density at radius 3 is 2.46 bits per heavy atom. The average Bonchev–Trinajstić information content (AvgIpc) is 2.71. The van der Waals surface area contributed by atoms with Crippen molar-refractivity contribution in [2.24, 2.45) is 5.92 Å². The van der Waals surface area contributed by atoms with E-state index in [1.54, 1.807) is 0 Å². The summed E-state index contributed by atoms with van der Waals surface area (Å²) in [5.41, 5.74) is 0.938. The van der Waals surface area contributed by atoms with Crippen molar-refractivity contribution in [3.63, 3.8) is 0 Å². The van der Waals surface area contributed by atoms with Gasteiger partial charge < -0.3 is 9.47 Å². The first-order valence-electron chi connectivity index (χ1n) is 10.8. The number of rotatable bonds is 7. The van der Waals surface area contributed by atoms with Gasteiger partial charge in [0.15, 0.2) is 6.61 Å². The molecule has 0 radical (unpaired) electrons. The lowest BCUT2D eigenvalue weighted by molar-refractivity contribution is -0.165. The Morgan fingerprint density at radius 1 is 1.07 bits per heavy atom. The number of esters is 1. The Balaban J connectivity index is 1.59. The number of carbonyl (C=O) groups excluding carboxylic acids is 1. The molecule has 28 heavy (non-hydrogen) atoms. The van der Waals surface area contributed by atoms with Gasteiger partial charge in [-0.1, -0.05) is 57.4 Å². The predicted octanol–water partition coefficient (Wildman–Crippen LogP) is 6.63. The molecule has 0 aliphatic heterocycles. The first kappa shape index (κ1) is 20.7. The smallest absolute Gasteiger partial charge is 0.344 e. The molecular formula is C25H34O3. The van der Waals surface area contributed by atoms with Crippen molar-refractivity contribution in [1.82, 2.24) is 0 Å². The first-order chi connectivity index (χ1) is 13.4. The zero-order valence-electron chi connectivity index (χ0n) is 17.8. The quantitative estimate of drug-likeness (QED) is 0.504. The van der Waals surface area contributed by atoms with Gasteiger partial charge >= 0.3 is 5.97 Å². The van der Waals surface area contributed by atoms with Crippen LogP contribution in [-0.2, 0) is 9.53 Å². The van der Waals surface area contributed by atoms with Gasteiger partial charge in [-0.15, -0.1) is 0 Å². The van der Waals surface area contributed by atoms with Gasteiger partial charge in [-0.3, -0.25) is 0 Å². The molecule has 0 N–H and O–H groups in total. The number of hydrogen-bond donors (Lipinski definition) is 0. The van der Waals surface area contributed by atoms with Gasteiger partial charge in [0.25, 0.3) is 0 Å². The molecule has 0 spiro atoms. The fraction of sp³-hybridized carbons (Fsp3) is 0.560. The molecular weight excluding hydrogens is 348 g/mol. The van der Waals surface area contributed by atoms with E-state index in [1.165, 1.54) is 30.2 Å². The third-order valence-corrected chi connectivity index (χ3v) is 6.34. The van der Waals surface area contributed by atoms with E-state index in [-0.39, 0.29) is 12.6 Å². The summed E-state index contributed by atoms with van der Waals surface area (Å²) in [7, 11) is 0. The van der Waals surface area contributed by atoms with Crippen LogP contribution >= 0.6 is 0 Å². The molecule has 1 atom stereocenters. The molecule has 1 fully saturated rings. The summed E-state index contributed by atoms with van der Waals surface area (Å²) in [6.45, 7) is 8.48. The van der Waals surface area contributed by atoms with Gasteiger partial charge in [0.2, 0.25) is 0 Å². The Morgan fingerprint density at radius 2 is 1.75 bits per heavy atom. The largest absolute Gasteiger partial charge is 0.482 e. The zero-order chi connectivity index (χ0) is 20.1. The van der Waals surface area contributed by atoms with E-state index < -0.39 is 5.60 Å². The maximum Gasteiger partial charge on any atom is 0.344 e. The molecule has 1 aliphatic rings. The van der Waals surface area contributed by atoms with E-state index >= 15 is 0 Å². The zero-order valence-corrected chi connectivity index (χ0v) is 17.8. The molecule has 0 aromatic heterocycles. The van der Waals surface area contributed by atoms with Gasteiger partial charge in [0.05, 0.1) is 0 Å². The van der Waals surface area contributed by atoms with Crippen molar-refractivity contribution in [1.29, 1.82) is 0 Å². The lowest BCUT2D eigenvalue weighted by atomic mass is 9.79. The van der Waals surface area contributed by atoms with E-state index in [4.69, 9.17) is 9.47 Å². The van der Waals surface area contributed by atoms with Crippen LogP contribution < -0.4 is 4.74 Å². The van der Waals surface area contributed by atoms with Crippen LogP contribution in [0.3, 0.4) is 0 Å². The van der Waals surface area contributed by atoms with E-state index in [0.29, 0.717) is 17.6 Å². The van der Waals surface area contributed by atoms with E-state index in [9.17, 15) is 4.79 Å². The Kier molecular flexibility index (Phi) is 6.64. The van der Waals surface area contributed by atoms with Crippen molar-refractivity contribution < 1.29 is 14.3 Å². The summed E-state index contributed by atoms with van der Waals surface area (Å²) < 4.78 is 11.5. The molecule has 3 heteroatoms. The standard InChI is InChI=1S/C25H34O3/c1-5-18(2)19-11-12-21-16-23(14-13-20(21)15-19)27-17-24(26)28-25(3,4)22-9-7-6-8-10-22/h11-16,18,22H,5-10,17H2,1-4H3. The van der Waals surface area contributed by atoms with Crippen molar-refractivity contribution in [3.8, 4) is 5.75 Å². The Hall–Kier alpha value is -2.03. The maximum atomic E-state index is 12.3. The molecule has 0 heterocycles. The average molecular weight is 383 g/mol. The van der Waals surface area contributed by atoms with Crippen molar-refractivity contribution in [2.45, 2.75) is 77.7 Å². The lowest BCUT2D eigenvalue weighted by Gasteiger charge is -2.36. The van der Waals surface area contributed by atoms with Gasteiger partial charge in [-0.2, -0.15) is 0 Å². The third kappa shape index (κ3) is 5.06. The number of benzene rings is 2. The summed E-state index contributed by atoms with van der Waals surface area (Å²) in [5, 5.41) is 2.33. The monoisotopic (exact) mass is 382 g/mol. The molecule has 1 aliphatic carbocycles. The van der Waals surface area contributed by atoms with Crippen molar-refractivity contribution >= 4 is 16.7 Å². The number of fused-ring (bicyclic) bond motifs is 1. The van der Waals surface area contributed by atoms with Crippen LogP contribution in [0.4, 0.5) is 0 Å². The fourth-order valence-corrected chi connectivity index (χ4v) is 4.22. The summed E-state index contributed by atoms with van der Waals surface area (Å²) in [5.74, 6) is 1.42. The van der Waals surface area contributed by atoms with Crippen LogP contribution in [0.2, 0.25) is 0 Å². The number of hydrogen-bond acceptors (Lipinski definition) is 3. The number of carbonyl (C=O) groups is 1. The molecule has 2 aromatic carbocycles. The lowest BCUT2D eigenvalue weighted by Crippen LogP contribution is -2.39. The second kappa shape index (κ2) is 8.98. The minimum absolute atomic E-state index is 0.0490. The predicted molar refractivity (Wildman–Crippen MR) is 115 cm³/mol. The maximum absolute atomic E-state index is 12.3. The Labute approximate surface area is 169 Å². The van der Waals surface area contributed by atoms with Crippen molar-refractivity contribution in [2.75, 3.05) is 6.61 Å². The highest BCUT2D eigenvalue weighted by Crippen LogP contribution is 2.35. The summed E-state index contributed by atoms with van der Waals surface area (Å²) in [6, 6.07) is 12.6. The highest BCUT2D eigenvalue weighted by molar-refractivity contribution is 5.84. The highest BCUT2D eigenvalue weighted by atomic mass is 16.6. The summed E-state index contributed by atoms with van der Waals surface area (Å²) in [6.07, 6.45) is 7.18. The molecule has 3 nitrogen and oxygen atoms in total. The normalized spacial score (nSPS) is 16.7. The fourth-order valence-electron chi connectivity index (χ4n) is 4.22. The molecule has 2 aromatic rings. The van der Waals surface area contributed by atoms with E-state index in [0.717, 1.165) is 24.6 Å². The van der Waals surface area contributed by atoms with Crippen molar-refractivity contribution in [3.05, 3.63) is 42.0 Å². The van der Waals surface area contributed by atoms with Crippen LogP contribution in [0.25, 0.3) is 10.8 Å². The van der Waals surface area contributed by atoms with Gasteiger partial charge in [0, 0.05) is 0 Å². The van der Waals surface area contributed by atoms with Crippen LogP contribution in [0, 0.1) is 5.92 Å². The van der Waals surface area contributed by atoms with E-state index in [1.807, 2.05) is 26.0 Å². The first-order valence-corrected chi connectivity index (χ1v) is 10.8. The van der Waals surface area contributed by atoms with Gasteiger partial charge in [0.1, 0.15) is 11.4 Å². The highest BCUT2D eigenvalue weighted by Gasteiger charge is 2.34. The summed E-state index contributed by atoms with van der Waals surface area (Å²) in [4.78, 5) is 12.3. The molecule has 0 amide bonds. The number of ether oxygens (including phenoxy) is 2. The minimum Gasteiger partial charge on any atom is -0.482 e. The SMILES string of the molecule is CCC(C)c1ccc2cc(OCC(=O)OC(C)(C)C3CCCCC3)ccc2c1. The van der Waals surface area contributed by atoms with Gasteiger partial charge in [-0.05, 0) is 73.4 Å².